The Hall–Kier alpha value is -1.88. The molecular formula is C14H14N2O2S. The van der Waals surface area contributed by atoms with Crippen molar-refractivity contribution in [2.75, 3.05) is 18.0 Å². The lowest BCUT2D eigenvalue weighted by molar-refractivity contribution is 0.646. The summed E-state index contributed by atoms with van der Waals surface area (Å²) in [6.07, 6.45) is 0. The highest BCUT2D eigenvalue weighted by Gasteiger charge is 2.15. The third-order valence-corrected chi connectivity index (χ3v) is 4.26. The summed E-state index contributed by atoms with van der Waals surface area (Å²) < 4.78 is 6.32. The highest BCUT2D eigenvalue weighted by Crippen LogP contribution is 2.28. The molecule has 0 saturated heterocycles. The molecule has 0 unspecified atom stereocenters. The van der Waals surface area contributed by atoms with E-state index >= 15 is 0 Å². The Labute approximate surface area is 114 Å². The summed E-state index contributed by atoms with van der Waals surface area (Å²) in [4.78, 5) is 19.0. The lowest BCUT2D eigenvalue weighted by Crippen LogP contribution is -2.21. The number of hydrogen-bond acceptors (Lipinski definition) is 5. The molecule has 0 fully saturated rings. The SMILES string of the molecule is CCN(CC)c1nc2oc3ccccc3c(=O)c2s1. The second-order valence-corrected chi connectivity index (χ2v) is 5.21. The van der Waals surface area contributed by atoms with Crippen molar-refractivity contribution in [1.29, 1.82) is 0 Å². The molecule has 0 spiro atoms. The number of rotatable bonds is 3. The summed E-state index contributed by atoms with van der Waals surface area (Å²) in [5, 5.41) is 1.46. The molecule has 0 aliphatic carbocycles. The quantitative estimate of drug-likeness (QED) is 0.735. The van der Waals surface area contributed by atoms with Crippen LogP contribution in [0.4, 0.5) is 5.13 Å². The minimum absolute atomic E-state index is 0.00718. The molecule has 0 amide bonds. The summed E-state index contributed by atoms with van der Waals surface area (Å²) in [5.41, 5.74) is 1.04. The molecule has 2 heterocycles. The zero-order valence-electron chi connectivity index (χ0n) is 10.8. The average Bonchev–Trinajstić information content (AvgIpc) is 2.84. The molecule has 0 saturated carbocycles. The van der Waals surface area contributed by atoms with Gasteiger partial charge in [-0.1, -0.05) is 23.5 Å². The Kier molecular flexibility index (Phi) is 2.98. The number of aromatic nitrogens is 1. The van der Waals surface area contributed by atoms with E-state index in [9.17, 15) is 4.79 Å². The average molecular weight is 274 g/mol. The molecule has 2 aromatic heterocycles. The first-order chi connectivity index (χ1) is 9.24. The van der Waals surface area contributed by atoms with Crippen LogP contribution in [0.2, 0.25) is 0 Å². The van der Waals surface area contributed by atoms with Crippen molar-refractivity contribution < 1.29 is 4.42 Å². The third-order valence-electron chi connectivity index (χ3n) is 3.16. The van der Waals surface area contributed by atoms with Crippen LogP contribution in [0.3, 0.4) is 0 Å². The number of hydrogen-bond donors (Lipinski definition) is 0. The Morgan fingerprint density at radius 3 is 2.74 bits per heavy atom. The summed E-state index contributed by atoms with van der Waals surface area (Å²) >= 11 is 1.40. The van der Waals surface area contributed by atoms with E-state index in [2.05, 4.69) is 23.7 Å². The lowest BCUT2D eigenvalue weighted by atomic mass is 10.2. The van der Waals surface area contributed by atoms with Crippen LogP contribution < -0.4 is 10.3 Å². The van der Waals surface area contributed by atoms with Crippen LogP contribution in [0, 0.1) is 0 Å². The summed E-state index contributed by atoms with van der Waals surface area (Å²) in [7, 11) is 0. The predicted molar refractivity (Wildman–Crippen MR) is 79.2 cm³/mol. The Balaban J connectivity index is 2.31. The monoisotopic (exact) mass is 274 g/mol. The molecule has 5 heteroatoms. The lowest BCUT2D eigenvalue weighted by Gasteiger charge is -2.15. The molecule has 3 rings (SSSR count). The van der Waals surface area contributed by atoms with Crippen LogP contribution in [-0.4, -0.2) is 18.1 Å². The fourth-order valence-electron chi connectivity index (χ4n) is 2.11. The largest absolute Gasteiger partial charge is 0.437 e. The molecule has 0 bridgehead atoms. The first kappa shape index (κ1) is 12.2. The highest BCUT2D eigenvalue weighted by atomic mass is 32.1. The maximum atomic E-state index is 12.4. The Morgan fingerprint density at radius 2 is 2.00 bits per heavy atom. The van der Waals surface area contributed by atoms with E-state index in [0.29, 0.717) is 21.4 Å². The molecule has 19 heavy (non-hydrogen) atoms. The van der Waals surface area contributed by atoms with Crippen molar-refractivity contribution in [3.63, 3.8) is 0 Å². The van der Waals surface area contributed by atoms with Crippen molar-refractivity contribution in [3.05, 3.63) is 34.5 Å². The summed E-state index contributed by atoms with van der Waals surface area (Å²) in [6, 6.07) is 7.29. The van der Waals surface area contributed by atoms with Crippen LogP contribution in [0.15, 0.2) is 33.5 Å². The van der Waals surface area contributed by atoms with Gasteiger partial charge in [-0.25, -0.2) is 0 Å². The third kappa shape index (κ3) is 1.90. The van der Waals surface area contributed by atoms with Gasteiger partial charge in [-0.2, -0.15) is 4.98 Å². The van der Waals surface area contributed by atoms with Crippen molar-refractivity contribution in [3.8, 4) is 0 Å². The van der Waals surface area contributed by atoms with Gasteiger partial charge in [-0.15, -0.1) is 0 Å². The van der Waals surface area contributed by atoms with Gasteiger partial charge in [0.05, 0.1) is 5.39 Å². The molecule has 98 valence electrons. The van der Waals surface area contributed by atoms with Gasteiger partial charge in [0.1, 0.15) is 10.3 Å². The zero-order valence-corrected chi connectivity index (χ0v) is 11.7. The van der Waals surface area contributed by atoms with Crippen LogP contribution >= 0.6 is 11.3 Å². The van der Waals surface area contributed by atoms with Crippen molar-refractivity contribution in [1.82, 2.24) is 4.98 Å². The minimum atomic E-state index is 0.00718. The van der Waals surface area contributed by atoms with Gasteiger partial charge < -0.3 is 9.32 Å². The topological polar surface area (TPSA) is 46.3 Å². The molecule has 4 nitrogen and oxygen atoms in total. The van der Waals surface area contributed by atoms with Crippen molar-refractivity contribution in [2.45, 2.75) is 13.8 Å². The molecule has 3 aromatic rings. The maximum Gasteiger partial charge on any atom is 0.243 e. The van der Waals surface area contributed by atoms with E-state index in [1.54, 1.807) is 12.1 Å². The summed E-state index contributed by atoms with van der Waals surface area (Å²) in [5.74, 6) is 0. The second-order valence-electron chi connectivity index (χ2n) is 4.23. The molecule has 0 aliphatic rings. The number of thiazole rings is 1. The molecule has 1 aromatic carbocycles. The second kappa shape index (κ2) is 4.66. The van der Waals surface area contributed by atoms with Gasteiger partial charge in [0, 0.05) is 13.1 Å². The molecule has 0 radical (unpaired) electrons. The first-order valence-corrected chi connectivity index (χ1v) is 7.13. The molecule has 0 N–H and O–H groups in total. The van der Waals surface area contributed by atoms with E-state index in [4.69, 9.17) is 4.42 Å². The summed E-state index contributed by atoms with van der Waals surface area (Å²) in [6.45, 7) is 5.87. The highest BCUT2D eigenvalue weighted by molar-refractivity contribution is 7.22. The van der Waals surface area contributed by atoms with Gasteiger partial charge in [-0.05, 0) is 26.0 Å². The van der Waals surface area contributed by atoms with E-state index in [-0.39, 0.29) is 5.43 Å². The number of anilines is 1. The fourth-order valence-corrected chi connectivity index (χ4v) is 3.18. The van der Waals surface area contributed by atoms with Gasteiger partial charge in [0.2, 0.25) is 11.1 Å². The van der Waals surface area contributed by atoms with Crippen LogP contribution in [0.1, 0.15) is 13.8 Å². The van der Waals surface area contributed by atoms with Crippen LogP contribution in [0.5, 0.6) is 0 Å². The normalized spacial score (nSPS) is 11.3. The number of para-hydroxylation sites is 1. The molecule has 0 aliphatic heterocycles. The van der Waals surface area contributed by atoms with E-state index in [1.165, 1.54) is 11.3 Å². The Morgan fingerprint density at radius 1 is 1.26 bits per heavy atom. The van der Waals surface area contributed by atoms with Crippen LogP contribution in [0.25, 0.3) is 21.4 Å². The molecule has 0 atom stereocenters. The first-order valence-electron chi connectivity index (χ1n) is 6.32. The van der Waals surface area contributed by atoms with Gasteiger partial charge in [0.15, 0.2) is 5.13 Å². The van der Waals surface area contributed by atoms with Gasteiger partial charge >= 0.3 is 0 Å². The van der Waals surface area contributed by atoms with Gasteiger partial charge in [-0.3, -0.25) is 4.79 Å². The van der Waals surface area contributed by atoms with E-state index in [1.807, 2.05) is 12.1 Å². The number of fused-ring (bicyclic) bond motifs is 2. The standard InChI is InChI=1S/C14H14N2O2S/c1-3-16(4-2)14-15-13-12(19-14)11(17)9-7-5-6-8-10(9)18-13/h5-8H,3-4H2,1-2H3. The Bertz CT molecular complexity index is 787. The van der Waals surface area contributed by atoms with E-state index < -0.39 is 0 Å². The fraction of sp³-hybridized carbons (Fsp3) is 0.286. The van der Waals surface area contributed by atoms with E-state index in [0.717, 1.165) is 18.2 Å². The number of benzene rings is 1. The van der Waals surface area contributed by atoms with Crippen molar-refractivity contribution >= 4 is 37.9 Å². The minimum Gasteiger partial charge on any atom is -0.437 e. The smallest absolute Gasteiger partial charge is 0.243 e. The van der Waals surface area contributed by atoms with Gasteiger partial charge in [0.25, 0.3) is 0 Å². The molecular weight excluding hydrogens is 260 g/mol. The van der Waals surface area contributed by atoms with Crippen LogP contribution in [-0.2, 0) is 0 Å². The maximum absolute atomic E-state index is 12.4. The zero-order chi connectivity index (χ0) is 13.4. The predicted octanol–water partition coefficient (Wildman–Crippen LogP) is 3.25. The number of nitrogens with zero attached hydrogens (tertiary/aromatic N) is 2. The van der Waals surface area contributed by atoms with Crippen molar-refractivity contribution in [2.24, 2.45) is 0 Å².